The lowest BCUT2D eigenvalue weighted by atomic mass is 9.92. The van der Waals surface area contributed by atoms with E-state index in [1.165, 1.54) is 0 Å². The molecular formula is C14H19BrFN3O2. The Morgan fingerprint density at radius 3 is 2.62 bits per heavy atom. The summed E-state index contributed by atoms with van der Waals surface area (Å²) in [5.41, 5.74) is 6.31. The van der Waals surface area contributed by atoms with Crippen LogP contribution in [0.3, 0.4) is 0 Å². The molecule has 7 heteroatoms. The predicted molar refractivity (Wildman–Crippen MR) is 83.2 cm³/mol. The van der Waals surface area contributed by atoms with Crippen LogP contribution in [0, 0.1) is 11.7 Å². The Hall–Kier alpha value is -1.34. The highest BCUT2D eigenvalue weighted by Crippen LogP contribution is 2.32. The Balaban J connectivity index is 2.21. The minimum atomic E-state index is -0.422. The second-order valence-corrected chi connectivity index (χ2v) is 6.10. The summed E-state index contributed by atoms with van der Waals surface area (Å²) in [5.74, 6) is -0.293. The molecule has 4 N–H and O–H groups in total. The molecule has 1 heterocycles. The van der Waals surface area contributed by atoms with Crippen molar-refractivity contribution in [2.24, 2.45) is 16.8 Å². The maximum absolute atomic E-state index is 14.5. The first kappa shape index (κ1) is 16.0. The molecule has 1 aliphatic heterocycles. The molecule has 1 aliphatic rings. The van der Waals surface area contributed by atoms with Crippen LogP contribution >= 0.6 is 15.9 Å². The molecule has 0 spiro atoms. The summed E-state index contributed by atoms with van der Waals surface area (Å²) in [5, 5.41) is 21.2. The van der Waals surface area contributed by atoms with Gasteiger partial charge in [-0.3, -0.25) is 0 Å². The first-order chi connectivity index (χ1) is 9.95. The van der Waals surface area contributed by atoms with Gasteiger partial charge in [0, 0.05) is 18.7 Å². The van der Waals surface area contributed by atoms with Gasteiger partial charge in [0.15, 0.2) is 11.7 Å². The number of hydrogen-bond donors (Lipinski definition) is 3. The summed E-state index contributed by atoms with van der Waals surface area (Å²) in [7, 11) is 0. The summed E-state index contributed by atoms with van der Waals surface area (Å²) >= 11 is 3.16. The highest BCUT2D eigenvalue weighted by atomic mass is 79.9. The number of anilines is 1. The van der Waals surface area contributed by atoms with E-state index in [1.807, 2.05) is 4.90 Å². The maximum atomic E-state index is 14.5. The van der Waals surface area contributed by atoms with Crippen molar-refractivity contribution in [1.82, 2.24) is 0 Å². The van der Waals surface area contributed by atoms with Crippen molar-refractivity contribution in [3.05, 3.63) is 28.0 Å². The largest absolute Gasteiger partial charge is 0.409 e. The zero-order valence-corrected chi connectivity index (χ0v) is 13.3. The van der Waals surface area contributed by atoms with Crippen molar-refractivity contribution in [2.75, 3.05) is 18.0 Å². The molecule has 21 heavy (non-hydrogen) atoms. The number of rotatable bonds is 3. The van der Waals surface area contributed by atoms with E-state index in [2.05, 4.69) is 21.1 Å². The molecule has 0 radical (unpaired) electrons. The first-order valence-corrected chi connectivity index (χ1v) is 7.64. The SMILES string of the molecule is CC(O)C1CCN(c2ccc(/C(N)=N/O)c(Br)c2F)CC1. The molecule has 1 atom stereocenters. The molecule has 2 rings (SSSR count). The standard InChI is InChI=1S/C14H19BrFN3O2/c1-8(20)9-4-6-19(7-5-9)11-3-2-10(14(17)18-21)12(15)13(11)16/h2-3,8-9,20-21H,4-7H2,1H3,(H2,17,18). The monoisotopic (exact) mass is 359 g/mol. The first-order valence-electron chi connectivity index (χ1n) is 6.84. The number of amidine groups is 1. The van der Waals surface area contributed by atoms with Crippen LogP contribution in [-0.4, -0.2) is 35.3 Å². The molecule has 116 valence electrons. The van der Waals surface area contributed by atoms with Gasteiger partial charge in [0.2, 0.25) is 0 Å². The molecule has 0 aromatic heterocycles. The minimum Gasteiger partial charge on any atom is -0.409 e. The van der Waals surface area contributed by atoms with Gasteiger partial charge < -0.3 is 20.9 Å². The Labute approximate surface area is 131 Å². The van der Waals surface area contributed by atoms with Crippen molar-refractivity contribution in [1.29, 1.82) is 0 Å². The maximum Gasteiger partial charge on any atom is 0.171 e. The lowest BCUT2D eigenvalue weighted by molar-refractivity contribution is 0.110. The molecule has 0 bridgehead atoms. The Morgan fingerprint density at radius 2 is 2.10 bits per heavy atom. The van der Waals surface area contributed by atoms with Crippen LogP contribution in [-0.2, 0) is 0 Å². The van der Waals surface area contributed by atoms with Gasteiger partial charge in [0.25, 0.3) is 0 Å². The summed E-state index contributed by atoms with van der Waals surface area (Å²) in [4.78, 5) is 1.95. The van der Waals surface area contributed by atoms with Crippen molar-refractivity contribution >= 4 is 27.5 Å². The zero-order chi connectivity index (χ0) is 15.6. The van der Waals surface area contributed by atoms with Crippen LogP contribution in [0.5, 0.6) is 0 Å². The Kier molecular flexibility index (Phi) is 5.05. The molecule has 1 aromatic carbocycles. The number of hydrogen-bond acceptors (Lipinski definition) is 4. The number of nitrogens with two attached hydrogens (primary N) is 1. The number of oxime groups is 1. The molecule has 0 amide bonds. The van der Waals surface area contributed by atoms with Gasteiger partial charge in [-0.25, -0.2) is 4.39 Å². The second-order valence-electron chi connectivity index (χ2n) is 5.31. The topological polar surface area (TPSA) is 82.1 Å². The number of nitrogens with zero attached hydrogens (tertiary/aromatic N) is 2. The van der Waals surface area contributed by atoms with E-state index in [-0.39, 0.29) is 22.3 Å². The number of piperidine rings is 1. The van der Waals surface area contributed by atoms with Crippen LogP contribution in [0.2, 0.25) is 0 Å². The summed E-state index contributed by atoms with van der Waals surface area (Å²) in [6, 6.07) is 3.26. The van der Waals surface area contributed by atoms with Crippen molar-refractivity contribution in [3.8, 4) is 0 Å². The zero-order valence-electron chi connectivity index (χ0n) is 11.8. The number of aliphatic hydroxyl groups is 1. The average molecular weight is 360 g/mol. The van der Waals surface area contributed by atoms with Crippen LogP contribution in [0.1, 0.15) is 25.3 Å². The third-order valence-corrected chi connectivity index (χ3v) is 4.78. The van der Waals surface area contributed by atoms with E-state index < -0.39 is 5.82 Å². The summed E-state index contributed by atoms with van der Waals surface area (Å²) in [6.45, 7) is 3.19. The average Bonchev–Trinajstić information content (AvgIpc) is 2.49. The van der Waals surface area contributed by atoms with Gasteiger partial charge in [-0.1, -0.05) is 5.16 Å². The van der Waals surface area contributed by atoms with Gasteiger partial charge in [0.1, 0.15) is 0 Å². The van der Waals surface area contributed by atoms with E-state index in [0.29, 0.717) is 24.3 Å². The smallest absolute Gasteiger partial charge is 0.171 e. The van der Waals surface area contributed by atoms with Crippen molar-refractivity contribution in [2.45, 2.75) is 25.9 Å². The van der Waals surface area contributed by atoms with Crippen molar-refractivity contribution in [3.63, 3.8) is 0 Å². The molecule has 0 saturated carbocycles. The van der Waals surface area contributed by atoms with E-state index in [0.717, 1.165) is 12.8 Å². The molecule has 1 unspecified atom stereocenters. The van der Waals surface area contributed by atoms with Gasteiger partial charge in [-0.05, 0) is 53.7 Å². The lowest BCUT2D eigenvalue weighted by Gasteiger charge is -2.35. The van der Waals surface area contributed by atoms with E-state index in [9.17, 15) is 9.50 Å². The van der Waals surface area contributed by atoms with Gasteiger partial charge in [-0.15, -0.1) is 0 Å². The molecule has 5 nitrogen and oxygen atoms in total. The van der Waals surface area contributed by atoms with Crippen molar-refractivity contribution < 1.29 is 14.7 Å². The fourth-order valence-corrected chi connectivity index (χ4v) is 3.20. The summed E-state index contributed by atoms with van der Waals surface area (Å²) in [6.07, 6.45) is 1.33. The Morgan fingerprint density at radius 1 is 1.48 bits per heavy atom. The fraction of sp³-hybridized carbons (Fsp3) is 0.500. The van der Waals surface area contributed by atoms with Gasteiger partial charge in [0.05, 0.1) is 16.3 Å². The van der Waals surface area contributed by atoms with Crippen LogP contribution < -0.4 is 10.6 Å². The molecule has 1 fully saturated rings. The van der Waals surface area contributed by atoms with Crippen LogP contribution in [0.4, 0.5) is 10.1 Å². The molecule has 0 aliphatic carbocycles. The number of benzene rings is 1. The van der Waals surface area contributed by atoms with Crippen LogP contribution in [0.15, 0.2) is 21.8 Å². The predicted octanol–water partition coefficient (Wildman–Crippen LogP) is 2.28. The summed E-state index contributed by atoms with van der Waals surface area (Å²) < 4.78 is 14.7. The van der Waals surface area contributed by atoms with Gasteiger partial charge in [-0.2, -0.15) is 0 Å². The highest BCUT2D eigenvalue weighted by molar-refractivity contribution is 9.10. The number of halogens is 2. The van der Waals surface area contributed by atoms with Gasteiger partial charge >= 0.3 is 0 Å². The van der Waals surface area contributed by atoms with Crippen LogP contribution in [0.25, 0.3) is 0 Å². The molecule has 1 aromatic rings. The number of aliphatic hydroxyl groups excluding tert-OH is 1. The molecule has 1 saturated heterocycles. The van der Waals surface area contributed by atoms with E-state index in [1.54, 1.807) is 19.1 Å². The lowest BCUT2D eigenvalue weighted by Crippen LogP contribution is -2.37. The third kappa shape index (κ3) is 3.29. The normalized spacial score (nSPS) is 18.9. The fourth-order valence-electron chi connectivity index (χ4n) is 2.66. The highest BCUT2D eigenvalue weighted by Gasteiger charge is 2.25. The second kappa shape index (κ2) is 6.62. The molecular weight excluding hydrogens is 341 g/mol. The van der Waals surface area contributed by atoms with E-state index >= 15 is 0 Å². The van der Waals surface area contributed by atoms with E-state index in [4.69, 9.17) is 10.9 Å². The quantitative estimate of drug-likeness (QED) is 0.334. The third-order valence-electron chi connectivity index (χ3n) is 4.01. The minimum absolute atomic E-state index is 0.139. The Bertz CT molecular complexity index is 543.